The summed E-state index contributed by atoms with van der Waals surface area (Å²) in [5.41, 5.74) is 0.587. The third kappa shape index (κ3) is 6.17. The molecular weight excluding hydrogens is 511 g/mol. The lowest BCUT2D eigenvalue weighted by molar-refractivity contribution is -0.120. The number of piperidine rings is 1. The highest BCUT2D eigenvalue weighted by Crippen LogP contribution is 2.28. The first kappa shape index (κ1) is 25.7. The lowest BCUT2D eigenvalue weighted by atomic mass is 9.99. The van der Waals surface area contributed by atoms with E-state index < -0.39 is 26.2 Å². The maximum absolute atomic E-state index is 12.7. The number of carbonyl (C=O) groups excluding carboxylic acids is 1. The van der Waals surface area contributed by atoms with E-state index in [4.69, 9.17) is 23.2 Å². The molecule has 2 aromatic rings. The second-order valence-electron chi connectivity index (χ2n) is 7.73. The molecule has 2 N–H and O–H groups in total. The summed E-state index contributed by atoms with van der Waals surface area (Å²) >= 11 is 11.9. The molecule has 180 valence electrons. The van der Waals surface area contributed by atoms with Crippen molar-refractivity contribution in [2.45, 2.75) is 17.7 Å². The molecule has 0 unspecified atom stereocenters. The van der Waals surface area contributed by atoms with Crippen molar-refractivity contribution in [1.29, 1.82) is 0 Å². The van der Waals surface area contributed by atoms with E-state index in [1.54, 1.807) is 0 Å². The highest BCUT2D eigenvalue weighted by Gasteiger charge is 2.33. The number of rotatable bonds is 7. The van der Waals surface area contributed by atoms with E-state index in [2.05, 4.69) is 10.0 Å². The molecule has 9 nitrogen and oxygen atoms in total. The molecule has 1 amide bonds. The average molecular weight is 535 g/mol. The molecule has 0 aliphatic carbocycles. The van der Waals surface area contributed by atoms with Crippen LogP contribution in [0.2, 0.25) is 10.0 Å². The first-order chi connectivity index (χ1) is 15.4. The van der Waals surface area contributed by atoms with Crippen LogP contribution in [0.4, 0.5) is 11.4 Å². The molecule has 0 radical (unpaired) electrons. The van der Waals surface area contributed by atoms with Crippen LogP contribution in [0, 0.1) is 5.92 Å². The summed E-state index contributed by atoms with van der Waals surface area (Å²) in [6.45, 7) is 0.450. The zero-order chi connectivity index (χ0) is 24.4. The second-order valence-corrected chi connectivity index (χ2v) is 12.4. The fourth-order valence-electron chi connectivity index (χ4n) is 3.33. The molecule has 33 heavy (non-hydrogen) atoms. The zero-order valence-electron chi connectivity index (χ0n) is 18.0. The summed E-state index contributed by atoms with van der Waals surface area (Å²) in [5, 5.41) is 3.27. The van der Waals surface area contributed by atoms with Gasteiger partial charge < -0.3 is 5.32 Å². The Kier molecular flexibility index (Phi) is 7.92. The highest BCUT2D eigenvalue weighted by molar-refractivity contribution is 7.92. The number of anilines is 2. The SMILES string of the molecule is CN(C)S(=O)(=O)N1CCC[C@H](C(=O)Nc2ccc(S(=O)(=O)Nc3ccc(Cl)cc3Cl)cc2)C1. The van der Waals surface area contributed by atoms with Gasteiger partial charge in [-0.15, -0.1) is 0 Å². The Morgan fingerprint density at radius 1 is 1.06 bits per heavy atom. The van der Waals surface area contributed by atoms with Crippen LogP contribution in [0.1, 0.15) is 12.8 Å². The van der Waals surface area contributed by atoms with E-state index in [-0.39, 0.29) is 28.1 Å². The van der Waals surface area contributed by atoms with Gasteiger partial charge in [0.05, 0.1) is 21.5 Å². The summed E-state index contributed by atoms with van der Waals surface area (Å²) in [6.07, 6.45) is 1.13. The van der Waals surface area contributed by atoms with E-state index in [1.165, 1.54) is 60.9 Å². The first-order valence-electron chi connectivity index (χ1n) is 9.96. The molecule has 0 spiro atoms. The zero-order valence-corrected chi connectivity index (χ0v) is 21.1. The normalized spacial score (nSPS) is 17.7. The van der Waals surface area contributed by atoms with Crippen molar-refractivity contribution in [3.8, 4) is 0 Å². The highest BCUT2D eigenvalue weighted by atomic mass is 35.5. The second kappa shape index (κ2) is 10.2. The van der Waals surface area contributed by atoms with Gasteiger partial charge in [-0.3, -0.25) is 9.52 Å². The van der Waals surface area contributed by atoms with Crippen molar-refractivity contribution in [1.82, 2.24) is 8.61 Å². The van der Waals surface area contributed by atoms with Gasteiger partial charge in [-0.25, -0.2) is 8.42 Å². The first-order valence-corrected chi connectivity index (χ1v) is 13.6. The number of nitrogens with zero attached hydrogens (tertiary/aromatic N) is 2. The van der Waals surface area contributed by atoms with Gasteiger partial charge in [0.2, 0.25) is 5.91 Å². The van der Waals surface area contributed by atoms with Crippen LogP contribution in [0.5, 0.6) is 0 Å². The number of nitrogens with one attached hydrogen (secondary N) is 2. The molecule has 1 atom stereocenters. The molecule has 3 rings (SSSR count). The predicted octanol–water partition coefficient (Wildman–Crippen LogP) is 3.25. The van der Waals surface area contributed by atoms with Gasteiger partial charge in [0.15, 0.2) is 0 Å². The predicted molar refractivity (Wildman–Crippen MR) is 129 cm³/mol. The smallest absolute Gasteiger partial charge is 0.281 e. The van der Waals surface area contributed by atoms with Crippen LogP contribution in [-0.2, 0) is 25.0 Å². The van der Waals surface area contributed by atoms with Gasteiger partial charge in [0.25, 0.3) is 20.2 Å². The molecular formula is C20H24Cl2N4O5S2. The van der Waals surface area contributed by atoms with Gasteiger partial charge >= 0.3 is 0 Å². The molecule has 1 fully saturated rings. The van der Waals surface area contributed by atoms with Gasteiger partial charge in [-0.2, -0.15) is 17.0 Å². The minimum absolute atomic E-state index is 0.0209. The van der Waals surface area contributed by atoms with Gasteiger partial charge in [-0.05, 0) is 55.3 Å². The monoisotopic (exact) mass is 534 g/mol. The topological polar surface area (TPSA) is 116 Å². The standard InChI is InChI=1S/C20H24Cl2N4O5S2/c1-25(2)33(30,31)26-11-3-4-14(13-26)20(27)23-16-6-8-17(9-7-16)32(28,29)24-19-10-5-15(21)12-18(19)22/h5-10,12,14,24H,3-4,11,13H2,1-2H3,(H,23,27)/t14-/m0/s1. The molecule has 13 heteroatoms. The van der Waals surface area contributed by atoms with E-state index in [1.807, 2.05) is 0 Å². The van der Waals surface area contributed by atoms with Crippen molar-refractivity contribution in [2.24, 2.45) is 5.92 Å². The number of halogens is 2. The number of carbonyl (C=O) groups is 1. The maximum atomic E-state index is 12.7. The van der Waals surface area contributed by atoms with Gasteiger partial charge in [-0.1, -0.05) is 23.2 Å². The van der Waals surface area contributed by atoms with Crippen LogP contribution < -0.4 is 10.0 Å². The minimum atomic E-state index is -3.91. The third-order valence-corrected chi connectivity index (χ3v) is 8.99. The lowest BCUT2D eigenvalue weighted by Gasteiger charge is -2.32. The van der Waals surface area contributed by atoms with Crippen molar-refractivity contribution in [2.75, 3.05) is 37.2 Å². The van der Waals surface area contributed by atoms with E-state index in [0.29, 0.717) is 30.1 Å². The van der Waals surface area contributed by atoms with Crippen molar-refractivity contribution < 1.29 is 21.6 Å². The van der Waals surface area contributed by atoms with Crippen molar-refractivity contribution in [3.05, 3.63) is 52.5 Å². The summed E-state index contributed by atoms with van der Waals surface area (Å²) in [7, 11) is -4.61. The molecule has 1 aliphatic heterocycles. The number of hydrogen-bond donors (Lipinski definition) is 2. The summed E-state index contributed by atoms with van der Waals surface area (Å²) in [6, 6.07) is 10.0. The van der Waals surface area contributed by atoms with E-state index in [9.17, 15) is 21.6 Å². The molecule has 0 aromatic heterocycles. The fourth-order valence-corrected chi connectivity index (χ4v) is 6.12. The summed E-state index contributed by atoms with van der Waals surface area (Å²) < 4.78 is 54.8. The Balaban J connectivity index is 1.67. The Hall–Kier alpha value is -1.89. The minimum Gasteiger partial charge on any atom is -0.326 e. The van der Waals surface area contributed by atoms with Crippen LogP contribution in [0.15, 0.2) is 47.4 Å². The Morgan fingerprint density at radius 2 is 1.73 bits per heavy atom. The molecule has 1 aliphatic rings. The van der Waals surface area contributed by atoms with Crippen LogP contribution in [0.3, 0.4) is 0 Å². The van der Waals surface area contributed by atoms with Crippen LogP contribution in [0.25, 0.3) is 0 Å². The van der Waals surface area contributed by atoms with Gasteiger partial charge in [0.1, 0.15) is 0 Å². The van der Waals surface area contributed by atoms with E-state index in [0.717, 1.165) is 4.31 Å². The van der Waals surface area contributed by atoms with Crippen LogP contribution >= 0.6 is 23.2 Å². The van der Waals surface area contributed by atoms with Crippen molar-refractivity contribution in [3.63, 3.8) is 0 Å². The van der Waals surface area contributed by atoms with E-state index >= 15 is 0 Å². The Bertz CT molecular complexity index is 1240. The van der Waals surface area contributed by atoms with Crippen molar-refractivity contribution >= 4 is 60.7 Å². The molecule has 1 saturated heterocycles. The molecule has 0 bridgehead atoms. The van der Waals surface area contributed by atoms with Gasteiger partial charge in [0, 0.05) is 37.9 Å². The molecule has 2 aromatic carbocycles. The van der Waals surface area contributed by atoms with Crippen LogP contribution in [-0.4, -0.2) is 58.5 Å². The summed E-state index contributed by atoms with van der Waals surface area (Å²) in [4.78, 5) is 12.7. The largest absolute Gasteiger partial charge is 0.326 e. The summed E-state index contributed by atoms with van der Waals surface area (Å²) in [5.74, 6) is -0.832. The number of hydrogen-bond acceptors (Lipinski definition) is 5. The maximum Gasteiger partial charge on any atom is 0.281 e. The number of amides is 1. The third-order valence-electron chi connectivity index (χ3n) is 5.15. The lowest BCUT2D eigenvalue weighted by Crippen LogP contribution is -2.47. The molecule has 1 heterocycles. The number of benzene rings is 2. The number of sulfonamides is 1. The average Bonchev–Trinajstić information content (AvgIpc) is 2.76. The fraction of sp³-hybridized carbons (Fsp3) is 0.350. The Morgan fingerprint density at radius 3 is 2.33 bits per heavy atom. The quantitative estimate of drug-likeness (QED) is 0.565. The Labute approximate surface area is 203 Å². The molecule has 0 saturated carbocycles.